The van der Waals surface area contributed by atoms with Gasteiger partial charge in [0.2, 0.25) is 0 Å². The van der Waals surface area contributed by atoms with Crippen molar-refractivity contribution in [3.63, 3.8) is 0 Å². The highest BCUT2D eigenvalue weighted by atomic mass is 16.5. The van der Waals surface area contributed by atoms with E-state index in [9.17, 15) is 0 Å². The highest BCUT2D eigenvalue weighted by Gasteiger charge is 2.09. The number of ether oxygens (including phenoxy) is 1. The Bertz CT molecular complexity index is 350. The zero-order valence-corrected chi connectivity index (χ0v) is 8.87. The van der Waals surface area contributed by atoms with Gasteiger partial charge in [-0.05, 0) is 17.0 Å². The molecule has 1 aromatic rings. The van der Waals surface area contributed by atoms with E-state index in [-0.39, 0.29) is 0 Å². The molecule has 0 aliphatic carbocycles. The second-order valence-corrected chi connectivity index (χ2v) is 3.58. The maximum Gasteiger partial charge on any atom is 0.0998 e. The zero-order chi connectivity index (χ0) is 10.6. The van der Waals surface area contributed by atoms with Gasteiger partial charge in [-0.3, -0.25) is 0 Å². The van der Waals surface area contributed by atoms with Gasteiger partial charge >= 0.3 is 0 Å². The van der Waals surface area contributed by atoms with Crippen molar-refractivity contribution in [3.05, 3.63) is 34.9 Å². The van der Waals surface area contributed by atoms with Crippen molar-refractivity contribution in [2.24, 2.45) is 0 Å². The number of benzene rings is 1. The molecule has 1 rings (SSSR count). The van der Waals surface area contributed by atoms with Crippen LogP contribution in [0.15, 0.2) is 18.2 Å². The quantitative estimate of drug-likeness (QED) is 0.732. The molecule has 0 saturated heterocycles. The summed E-state index contributed by atoms with van der Waals surface area (Å²) in [5.74, 6) is 0.376. The van der Waals surface area contributed by atoms with E-state index in [4.69, 9.17) is 10.00 Å². The van der Waals surface area contributed by atoms with Gasteiger partial charge in [0, 0.05) is 7.11 Å². The third-order valence-corrected chi connectivity index (χ3v) is 2.22. The minimum absolute atomic E-state index is 0.376. The number of hydrogen-bond donors (Lipinski definition) is 0. The molecule has 0 aliphatic heterocycles. The summed E-state index contributed by atoms with van der Waals surface area (Å²) in [5.41, 5.74) is 2.84. The Morgan fingerprint density at radius 1 is 1.43 bits per heavy atom. The monoisotopic (exact) mass is 189 g/mol. The summed E-state index contributed by atoms with van der Waals surface area (Å²) in [7, 11) is 1.64. The first kappa shape index (κ1) is 10.7. The number of hydrogen-bond acceptors (Lipinski definition) is 2. The molecule has 0 heterocycles. The van der Waals surface area contributed by atoms with E-state index in [0.29, 0.717) is 12.5 Å². The van der Waals surface area contributed by atoms with Gasteiger partial charge in [-0.1, -0.05) is 32.0 Å². The van der Waals surface area contributed by atoms with Gasteiger partial charge in [-0.15, -0.1) is 0 Å². The van der Waals surface area contributed by atoms with Gasteiger partial charge in [-0.2, -0.15) is 5.26 Å². The molecule has 0 saturated carbocycles. The van der Waals surface area contributed by atoms with E-state index in [1.165, 1.54) is 0 Å². The first-order valence-electron chi connectivity index (χ1n) is 4.71. The molecule has 0 N–H and O–H groups in total. The summed E-state index contributed by atoms with van der Waals surface area (Å²) in [5, 5.41) is 9.07. The zero-order valence-electron chi connectivity index (χ0n) is 8.87. The largest absolute Gasteiger partial charge is 0.380 e. The van der Waals surface area contributed by atoms with E-state index >= 15 is 0 Å². The highest BCUT2D eigenvalue weighted by molar-refractivity contribution is 5.45. The Labute approximate surface area is 85.1 Å². The van der Waals surface area contributed by atoms with Crippen LogP contribution in [0.2, 0.25) is 0 Å². The third-order valence-electron chi connectivity index (χ3n) is 2.22. The van der Waals surface area contributed by atoms with Crippen molar-refractivity contribution in [2.45, 2.75) is 26.4 Å². The molecule has 0 aromatic heterocycles. The van der Waals surface area contributed by atoms with Crippen LogP contribution < -0.4 is 0 Å². The van der Waals surface area contributed by atoms with E-state index in [0.717, 1.165) is 16.7 Å². The molecule has 74 valence electrons. The number of methoxy groups -OCH3 is 1. The van der Waals surface area contributed by atoms with Crippen LogP contribution in [0, 0.1) is 11.3 Å². The van der Waals surface area contributed by atoms with Crippen LogP contribution in [0.5, 0.6) is 0 Å². The predicted octanol–water partition coefficient (Wildman–Crippen LogP) is 2.83. The van der Waals surface area contributed by atoms with Crippen molar-refractivity contribution >= 4 is 0 Å². The molecule has 0 amide bonds. The van der Waals surface area contributed by atoms with E-state index < -0.39 is 0 Å². The normalized spacial score (nSPS) is 10.2. The summed E-state index contributed by atoms with van der Waals surface area (Å²) in [4.78, 5) is 0. The molecule has 0 aliphatic rings. The van der Waals surface area contributed by atoms with Crippen LogP contribution in [0.1, 0.15) is 36.5 Å². The molecule has 2 nitrogen and oxygen atoms in total. The summed E-state index contributed by atoms with van der Waals surface area (Å²) in [6.45, 7) is 4.68. The van der Waals surface area contributed by atoms with Crippen LogP contribution in [-0.2, 0) is 11.3 Å². The smallest absolute Gasteiger partial charge is 0.0998 e. The van der Waals surface area contributed by atoms with Crippen molar-refractivity contribution in [1.29, 1.82) is 5.26 Å². The van der Waals surface area contributed by atoms with Gasteiger partial charge < -0.3 is 4.74 Å². The molecule has 0 radical (unpaired) electrons. The summed E-state index contributed by atoms with van der Waals surface area (Å²) in [6.07, 6.45) is 0. The van der Waals surface area contributed by atoms with Gasteiger partial charge in [0.1, 0.15) is 0 Å². The standard InChI is InChI=1S/C12H15NO/c1-9(2)11-6-4-5-10(8-14-3)12(11)7-13/h4-6,9H,8H2,1-3H3. The minimum atomic E-state index is 0.376. The first-order valence-corrected chi connectivity index (χ1v) is 4.71. The van der Waals surface area contributed by atoms with Crippen LogP contribution in [0.25, 0.3) is 0 Å². The summed E-state index contributed by atoms with van der Waals surface area (Å²) < 4.78 is 5.05. The SMILES string of the molecule is COCc1cccc(C(C)C)c1C#N. The molecule has 1 aromatic carbocycles. The molecule has 0 bridgehead atoms. The molecule has 0 fully saturated rings. The minimum Gasteiger partial charge on any atom is -0.380 e. The first-order chi connectivity index (χ1) is 6.70. The maximum atomic E-state index is 9.07. The summed E-state index contributed by atoms with van der Waals surface area (Å²) >= 11 is 0. The topological polar surface area (TPSA) is 33.0 Å². The lowest BCUT2D eigenvalue weighted by molar-refractivity contribution is 0.184. The van der Waals surface area contributed by atoms with E-state index in [1.807, 2.05) is 18.2 Å². The maximum absolute atomic E-state index is 9.07. The Morgan fingerprint density at radius 2 is 2.14 bits per heavy atom. The predicted molar refractivity (Wildman–Crippen MR) is 56.0 cm³/mol. The van der Waals surface area contributed by atoms with E-state index in [1.54, 1.807) is 7.11 Å². The van der Waals surface area contributed by atoms with Crippen LogP contribution in [0.4, 0.5) is 0 Å². The van der Waals surface area contributed by atoms with Crippen LogP contribution in [0.3, 0.4) is 0 Å². The fraction of sp³-hybridized carbons (Fsp3) is 0.417. The molecular weight excluding hydrogens is 174 g/mol. The second kappa shape index (κ2) is 4.78. The number of rotatable bonds is 3. The van der Waals surface area contributed by atoms with Gasteiger partial charge in [0.15, 0.2) is 0 Å². The second-order valence-electron chi connectivity index (χ2n) is 3.58. The summed E-state index contributed by atoms with van der Waals surface area (Å²) in [6, 6.07) is 8.17. The van der Waals surface area contributed by atoms with Crippen LogP contribution in [-0.4, -0.2) is 7.11 Å². The Kier molecular flexibility index (Phi) is 3.67. The Morgan fingerprint density at radius 3 is 2.64 bits per heavy atom. The lowest BCUT2D eigenvalue weighted by Gasteiger charge is -2.11. The van der Waals surface area contributed by atoms with Crippen LogP contribution >= 0.6 is 0 Å². The Hall–Kier alpha value is -1.33. The molecule has 0 unspecified atom stereocenters. The van der Waals surface area contributed by atoms with Gasteiger partial charge in [0.05, 0.1) is 18.2 Å². The van der Waals surface area contributed by atoms with Gasteiger partial charge in [-0.25, -0.2) is 0 Å². The van der Waals surface area contributed by atoms with E-state index in [2.05, 4.69) is 19.9 Å². The molecule has 0 atom stereocenters. The average molecular weight is 189 g/mol. The fourth-order valence-electron chi connectivity index (χ4n) is 1.51. The molecular formula is C12H15NO. The molecule has 14 heavy (non-hydrogen) atoms. The van der Waals surface area contributed by atoms with Crippen molar-refractivity contribution in [1.82, 2.24) is 0 Å². The third kappa shape index (κ3) is 2.12. The number of nitrogens with zero attached hydrogens (tertiary/aromatic N) is 1. The highest BCUT2D eigenvalue weighted by Crippen LogP contribution is 2.22. The number of nitriles is 1. The van der Waals surface area contributed by atoms with Crippen molar-refractivity contribution in [3.8, 4) is 6.07 Å². The average Bonchev–Trinajstić information content (AvgIpc) is 2.18. The van der Waals surface area contributed by atoms with Gasteiger partial charge in [0.25, 0.3) is 0 Å². The molecule has 0 spiro atoms. The van der Waals surface area contributed by atoms with Crippen molar-refractivity contribution in [2.75, 3.05) is 7.11 Å². The fourth-order valence-corrected chi connectivity index (χ4v) is 1.51. The lowest BCUT2D eigenvalue weighted by Crippen LogP contribution is -1.99. The molecule has 2 heteroatoms. The Balaban J connectivity index is 3.20. The van der Waals surface area contributed by atoms with Crippen molar-refractivity contribution < 1.29 is 4.74 Å². The lowest BCUT2D eigenvalue weighted by atomic mass is 9.94.